The zero-order chi connectivity index (χ0) is 19.0. The van der Waals surface area contributed by atoms with Gasteiger partial charge in [-0.3, -0.25) is 4.79 Å². The van der Waals surface area contributed by atoms with Crippen LogP contribution in [-0.2, 0) is 11.3 Å². The highest BCUT2D eigenvalue weighted by atomic mass is 16.2. The number of hydrogen-bond donors (Lipinski definition) is 0. The monoisotopic (exact) mass is 362 g/mol. The number of carbonyl (C=O) groups is 2. The third kappa shape index (κ3) is 3.25. The second-order valence-corrected chi connectivity index (χ2v) is 7.82. The molecule has 0 bridgehead atoms. The Balaban J connectivity index is 1.73. The van der Waals surface area contributed by atoms with Crippen molar-refractivity contribution in [1.82, 2.24) is 4.90 Å². The number of para-hydroxylation sites is 1. The minimum absolute atomic E-state index is 0.0135. The zero-order valence-corrected chi connectivity index (χ0v) is 16.0. The van der Waals surface area contributed by atoms with E-state index in [2.05, 4.69) is 25.1 Å². The SMILES string of the molecule is Cc1cccc(CN2C(=O)N(c3ccccc3C)C(=O)C3CCCCC32)c1. The van der Waals surface area contributed by atoms with Gasteiger partial charge >= 0.3 is 6.03 Å². The Morgan fingerprint density at radius 2 is 1.74 bits per heavy atom. The minimum Gasteiger partial charge on any atom is -0.316 e. The summed E-state index contributed by atoms with van der Waals surface area (Å²) in [6, 6.07) is 15.8. The Labute approximate surface area is 160 Å². The van der Waals surface area contributed by atoms with Gasteiger partial charge in [0.1, 0.15) is 0 Å². The molecule has 2 aromatic rings. The summed E-state index contributed by atoms with van der Waals surface area (Å²) in [4.78, 5) is 30.1. The van der Waals surface area contributed by atoms with E-state index in [4.69, 9.17) is 0 Å². The van der Waals surface area contributed by atoms with E-state index in [0.29, 0.717) is 12.2 Å². The van der Waals surface area contributed by atoms with Crippen molar-refractivity contribution in [2.45, 2.75) is 52.1 Å². The highest BCUT2D eigenvalue weighted by molar-refractivity contribution is 6.17. The van der Waals surface area contributed by atoms with Crippen molar-refractivity contribution in [2.75, 3.05) is 4.90 Å². The molecule has 0 radical (unpaired) electrons. The van der Waals surface area contributed by atoms with Crippen LogP contribution in [0.5, 0.6) is 0 Å². The molecule has 3 amide bonds. The second kappa shape index (κ2) is 7.18. The smallest absolute Gasteiger partial charge is 0.316 e. The van der Waals surface area contributed by atoms with Crippen LogP contribution >= 0.6 is 0 Å². The van der Waals surface area contributed by atoms with Gasteiger partial charge in [0.2, 0.25) is 5.91 Å². The fourth-order valence-electron chi connectivity index (χ4n) is 4.53. The summed E-state index contributed by atoms with van der Waals surface area (Å²) >= 11 is 0. The van der Waals surface area contributed by atoms with Gasteiger partial charge in [-0.2, -0.15) is 0 Å². The Morgan fingerprint density at radius 1 is 0.963 bits per heavy atom. The number of anilines is 1. The summed E-state index contributed by atoms with van der Waals surface area (Å²) in [7, 11) is 0. The molecule has 140 valence electrons. The molecule has 2 aliphatic rings. The van der Waals surface area contributed by atoms with Gasteiger partial charge in [0, 0.05) is 12.6 Å². The summed E-state index contributed by atoms with van der Waals surface area (Å²) in [5.41, 5.74) is 3.96. The van der Waals surface area contributed by atoms with Crippen LogP contribution in [0.1, 0.15) is 42.4 Å². The lowest BCUT2D eigenvalue weighted by atomic mass is 9.80. The zero-order valence-electron chi connectivity index (χ0n) is 16.0. The predicted molar refractivity (Wildman–Crippen MR) is 107 cm³/mol. The van der Waals surface area contributed by atoms with E-state index >= 15 is 0 Å². The number of imide groups is 1. The predicted octanol–water partition coefficient (Wildman–Crippen LogP) is 4.83. The molecule has 2 atom stereocenters. The van der Waals surface area contributed by atoms with Crippen LogP contribution in [0.3, 0.4) is 0 Å². The molecule has 4 heteroatoms. The topological polar surface area (TPSA) is 40.6 Å². The number of aryl methyl sites for hydroxylation is 2. The number of amides is 3. The first-order valence-electron chi connectivity index (χ1n) is 9.82. The Kier molecular flexibility index (Phi) is 4.73. The molecule has 1 aliphatic heterocycles. The van der Waals surface area contributed by atoms with Crippen molar-refractivity contribution < 1.29 is 9.59 Å². The fourth-order valence-corrected chi connectivity index (χ4v) is 4.53. The maximum Gasteiger partial charge on any atom is 0.331 e. The lowest BCUT2D eigenvalue weighted by Gasteiger charge is -2.47. The van der Waals surface area contributed by atoms with Crippen LogP contribution in [0.4, 0.5) is 10.5 Å². The van der Waals surface area contributed by atoms with Crippen LogP contribution in [-0.4, -0.2) is 22.9 Å². The Morgan fingerprint density at radius 3 is 2.52 bits per heavy atom. The summed E-state index contributed by atoms with van der Waals surface area (Å²) in [6.07, 6.45) is 3.91. The van der Waals surface area contributed by atoms with Gasteiger partial charge in [0.25, 0.3) is 0 Å². The molecule has 4 nitrogen and oxygen atoms in total. The van der Waals surface area contributed by atoms with Gasteiger partial charge in [-0.05, 0) is 43.9 Å². The molecule has 4 rings (SSSR count). The van der Waals surface area contributed by atoms with Gasteiger partial charge in [0.05, 0.1) is 11.6 Å². The van der Waals surface area contributed by atoms with E-state index < -0.39 is 0 Å². The van der Waals surface area contributed by atoms with Gasteiger partial charge in [-0.1, -0.05) is 60.9 Å². The third-order valence-electron chi connectivity index (χ3n) is 5.90. The lowest BCUT2D eigenvalue weighted by molar-refractivity contribution is -0.126. The van der Waals surface area contributed by atoms with Crippen molar-refractivity contribution in [1.29, 1.82) is 0 Å². The van der Waals surface area contributed by atoms with Crippen molar-refractivity contribution in [3.8, 4) is 0 Å². The largest absolute Gasteiger partial charge is 0.331 e. The molecule has 2 aromatic carbocycles. The van der Waals surface area contributed by atoms with Crippen LogP contribution in [0.15, 0.2) is 48.5 Å². The standard InChI is InChI=1S/C23H26N2O2/c1-16-8-7-10-18(14-16)15-24-21-13-6-4-11-19(21)22(26)25(23(24)27)20-12-5-3-9-17(20)2/h3,5,7-10,12,14,19,21H,4,6,11,13,15H2,1-2H3. The first kappa shape index (κ1) is 17.8. The lowest BCUT2D eigenvalue weighted by Crippen LogP contribution is -2.62. The van der Waals surface area contributed by atoms with E-state index in [1.165, 1.54) is 10.5 Å². The number of nitrogens with zero attached hydrogens (tertiary/aromatic N) is 2. The quantitative estimate of drug-likeness (QED) is 0.784. The fraction of sp³-hybridized carbons (Fsp3) is 0.391. The number of rotatable bonds is 3. The molecule has 27 heavy (non-hydrogen) atoms. The maximum absolute atomic E-state index is 13.5. The van der Waals surface area contributed by atoms with Crippen LogP contribution in [0.2, 0.25) is 0 Å². The van der Waals surface area contributed by atoms with Gasteiger partial charge in [0.15, 0.2) is 0 Å². The molecule has 2 unspecified atom stereocenters. The highest BCUT2D eigenvalue weighted by Crippen LogP contribution is 2.38. The molecule has 1 saturated carbocycles. The molecule has 1 heterocycles. The molecule has 0 N–H and O–H groups in total. The van der Waals surface area contributed by atoms with Crippen molar-refractivity contribution in [2.24, 2.45) is 5.92 Å². The van der Waals surface area contributed by atoms with Gasteiger partial charge in [-0.15, -0.1) is 0 Å². The van der Waals surface area contributed by atoms with E-state index in [1.807, 2.05) is 42.2 Å². The average molecular weight is 362 g/mol. The molecular weight excluding hydrogens is 336 g/mol. The number of urea groups is 1. The number of fused-ring (bicyclic) bond motifs is 1. The van der Waals surface area contributed by atoms with E-state index in [0.717, 1.165) is 36.8 Å². The van der Waals surface area contributed by atoms with Crippen molar-refractivity contribution in [3.05, 3.63) is 65.2 Å². The third-order valence-corrected chi connectivity index (χ3v) is 5.90. The van der Waals surface area contributed by atoms with Gasteiger partial charge < -0.3 is 4.90 Å². The first-order valence-corrected chi connectivity index (χ1v) is 9.82. The minimum atomic E-state index is -0.182. The number of benzene rings is 2. The van der Waals surface area contributed by atoms with Gasteiger partial charge in [-0.25, -0.2) is 9.69 Å². The number of hydrogen-bond acceptors (Lipinski definition) is 2. The van der Waals surface area contributed by atoms with Crippen LogP contribution in [0.25, 0.3) is 0 Å². The molecule has 1 saturated heterocycles. The Bertz CT molecular complexity index is 876. The van der Waals surface area contributed by atoms with Crippen LogP contribution in [0, 0.1) is 19.8 Å². The van der Waals surface area contributed by atoms with E-state index in [1.54, 1.807) is 0 Å². The molecule has 0 aromatic heterocycles. The molecular formula is C23H26N2O2. The van der Waals surface area contributed by atoms with Crippen LogP contribution < -0.4 is 4.90 Å². The normalized spacial score (nSPS) is 22.7. The summed E-state index contributed by atoms with van der Waals surface area (Å²) in [5.74, 6) is -0.125. The summed E-state index contributed by atoms with van der Waals surface area (Å²) in [6.45, 7) is 4.57. The maximum atomic E-state index is 13.5. The van der Waals surface area contributed by atoms with E-state index in [9.17, 15) is 9.59 Å². The number of carbonyl (C=O) groups excluding carboxylic acids is 2. The summed E-state index contributed by atoms with van der Waals surface area (Å²) in [5, 5.41) is 0. The molecule has 1 aliphatic carbocycles. The van der Waals surface area contributed by atoms with E-state index in [-0.39, 0.29) is 23.9 Å². The first-order chi connectivity index (χ1) is 13.1. The average Bonchev–Trinajstić information content (AvgIpc) is 2.67. The van der Waals surface area contributed by atoms with Crippen molar-refractivity contribution >= 4 is 17.6 Å². The van der Waals surface area contributed by atoms with Crippen molar-refractivity contribution in [3.63, 3.8) is 0 Å². The molecule has 0 spiro atoms. The second-order valence-electron chi connectivity index (χ2n) is 7.82. The Hall–Kier alpha value is -2.62. The summed E-state index contributed by atoms with van der Waals surface area (Å²) < 4.78 is 0. The molecule has 2 fully saturated rings. The highest BCUT2D eigenvalue weighted by Gasteiger charge is 2.47.